The molecular formula is C28H35F4N3O4Si. The molecule has 218 valence electrons. The van der Waals surface area contributed by atoms with E-state index in [1.807, 2.05) is 0 Å². The minimum absolute atomic E-state index is 0.0448. The van der Waals surface area contributed by atoms with Crippen molar-refractivity contribution in [2.24, 2.45) is 5.41 Å². The van der Waals surface area contributed by atoms with Crippen molar-refractivity contribution in [3.63, 3.8) is 0 Å². The lowest BCUT2D eigenvalue weighted by atomic mass is 9.95. The number of carbonyl (C=O) groups excluding carboxylic acids is 1. The number of pyridine rings is 1. The van der Waals surface area contributed by atoms with Gasteiger partial charge in [-0.15, -0.1) is 0 Å². The molecule has 1 aromatic carbocycles. The average Bonchev–Trinajstić information content (AvgIpc) is 3.29. The molecule has 0 amide bonds. The third-order valence-corrected chi connectivity index (χ3v) is 7.92. The predicted octanol–water partition coefficient (Wildman–Crippen LogP) is 6.97. The van der Waals surface area contributed by atoms with Crippen LogP contribution in [0.4, 0.5) is 17.6 Å². The standard InChI is InChI=1S/C28H35F4N3O4Si/c1-18-12-24(39-16-27(2,3)26(36)37-4)33-14-21(18)19-8-9-20(22(29)13-19)25-34-23(28(30,31)32)15-35(25)17-38-10-11-40(5,6)7/h8-9,12-15H,10-11,16-17H2,1-7H3. The number of hydrogen-bond acceptors (Lipinski definition) is 6. The van der Waals surface area contributed by atoms with Gasteiger partial charge in [-0.05, 0) is 50.1 Å². The van der Waals surface area contributed by atoms with Crippen LogP contribution < -0.4 is 4.74 Å². The van der Waals surface area contributed by atoms with Gasteiger partial charge in [-0.25, -0.2) is 14.4 Å². The van der Waals surface area contributed by atoms with Crippen LogP contribution in [-0.2, 0) is 27.2 Å². The second-order valence-electron chi connectivity index (χ2n) is 11.5. The van der Waals surface area contributed by atoms with E-state index in [1.165, 1.54) is 30.0 Å². The summed E-state index contributed by atoms with van der Waals surface area (Å²) in [6.45, 7) is 11.9. The largest absolute Gasteiger partial charge is 0.476 e. The number of alkyl halides is 3. The van der Waals surface area contributed by atoms with Gasteiger partial charge in [-0.2, -0.15) is 13.2 Å². The van der Waals surface area contributed by atoms with Crippen LogP contribution in [0.1, 0.15) is 25.1 Å². The lowest BCUT2D eigenvalue weighted by Crippen LogP contribution is -2.32. The quantitative estimate of drug-likeness (QED) is 0.105. The molecule has 0 aliphatic rings. The average molecular weight is 582 g/mol. The van der Waals surface area contributed by atoms with Gasteiger partial charge in [0.25, 0.3) is 0 Å². The first-order valence-corrected chi connectivity index (χ1v) is 16.4. The van der Waals surface area contributed by atoms with Gasteiger partial charge in [0.05, 0.1) is 18.1 Å². The van der Waals surface area contributed by atoms with Crippen molar-refractivity contribution in [3.8, 4) is 28.4 Å². The van der Waals surface area contributed by atoms with E-state index >= 15 is 4.39 Å². The number of benzene rings is 1. The molecule has 2 heterocycles. The Balaban J connectivity index is 1.85. The second kappa shape index (κ2) is 12.1. The fourth-order valence-electron chi connectivity index (χ4n) is 3.77. The van der Waals surface area contributed by atoms with Gasteiger partial charge in [0.2, 0.25) is 5.88 Å². The number of aryl methyl sites for hydroxylation is 1. The van der Waals surface area contributed by atoms with Crippen molar-refractivity contribution in [2.75, 3.05) is 20.3 Å². The van der Waals surface area contributed by atoms with Gasteiger partial charge in [0, 0.05) is 38.7 Å². The Bertz CT molecular complexity index is 1350. The summed E-state index contributed by atoms with van der Waals surface area (Å²) in [5.41, 5.74) is -0.259. The summed E-state index contributed by atoms with van der Waals surface area (Å²) in [7, 11) is -0.0914. The van der Waals surface area contributed by atoms with Crippen LogP contribution in [0, 0.1) is 18.2 Å². The van der Waals surface area contributed by atoms with Crippen molar-refractivity contribution in [3.05, 3.63) is 53.7 Å². The minimum Gasteiger partial charge on any atom is -0.476 e. The molecule has 3 aromatic rings. The smallest absolute Gasteiger partial charge is 0.434 e. The monoisotopic (exact) mass is 581 g/mol. The number of methoxy groups -OCH3 is 1. The summed E-state index contributed by atoms with van der Waals surface area (Å²) in [6, 6.07) is 6.73. The highest BCUT2D eigenvalue weighted by atomic mass is 28.3. The molecule has 40 heavy (non-hydrogen) atoms. The van der Waals surface area contributed by atoms with Crippen LogP contribution >= 0.6 is 0 Å². The molecule has 0 saturated carbocycles. The fraction of sp³-hybridized carbons (Fsp3) is 0.464. The van der Waals surface area contributed by atoms with Gasteiger partial charge in [-0.3, -0.25) is 4.79 Å². The maximum absolute atomic E-state index is 15.4. The normalized spacial score (nSPS) is 12.5. The maximum atomic E-state index is 15.4. The summed E-state index contributed by atoms with van der Waals surface area (Å²) < 4.78 is 72.9. The van der Waals surface area contributed by atoms with Crippen molar-refractivity contribution >= 4 is 14.0 Å². The fourth-order valence-corrected chi connectivity index (χ4v) is 4.53. The van der Waals surface area contributed by atoms with E-state index in [4.69, 9.17) is 14.2 Å². The number of rotatable bonds is 11. The lowest BCUT2D eigenvalue weighted by molar-refractivity contribution is -0.152. The first-order chi connectivity index (χ1) is 18.5. The van der Waals surface area contributed by atoms with Crippen LogP contribution in [0.5, 0.6) is 5.88 Å². The Morgan fingerprint density at radius 2 is 1.80 bits per heavy atom. The molecule has 7 nitrogen and oxygen atoms in total. The summed E-state index contributed by atoms with van der Waals surface area (Å²) in [5, 5.41) is 0. The topological polar surface area (TPSA) is 75.5 Å². The van der Waals surface area contributed by atoms with E-state index in [0.29, 0.717) is 17.7 Å². The van der Waals surface area contributed by atoms with Crippen LogP contribution in [0.15, 0.2) is 36.7 Å². The van der Waals surface area contributed by atoms with Crippen molar-refractivity contribution < 1.29 is 36.6 Å². The Labute approximate surface area is 232 Å². The summed E-state index contributed by atoms with van der Waals surface area (Å²) in [5.74, 6) is -1.04. The second-order valence-corrected chi connectivity index (χ2v) is 17.1. The molecule has 0 bridgehead atoms. The number of hydrogen-bond donors (Lipinski definition) is 0. The zero-order valence-electron chi connectivity index (χ0n) is 23.8. The first-order valence-electron chi connectivity index (χ1n) is 12.7. The van der Waals surface area contributed by atoms with Gasteiger partial charge >= 0.3 is 12.1 Å². The molecule has 0 saturated heterocycles. The maximum Gasteiger partial charge on any atom is 0.434 e. The molecule has 12 heteroatoms. The Kier molecular flexibility index (Phi) is 9.45. The molecule has 0 atom stereocenters. The van der Waals surface area contributed by atoms with Gasteiger partial charge in [-0.1, -0.05) is 25.7 Å². The van der Waals surface area contributed by atoms with Gasteiger partial charge < -0.3 is 18.8 Å². The van der Waals surface area contributed by atoms with E-state index in [2.05, 4.69) is 29.6 Å². The molecule has 2 aromatic heterocycles. The van der Waals surface area contributed by atoms with Gasteiger partial charge in [0.15, 0.2) is 5.69 Å². The SMILES string of the molecule is COC(=O)C(C)(C)COc1cc(C)c(-c2ccc(-c3nc(C(F)(F)F)cn3COCC[Si](C)(C)C)c(F)c2)cn1. The zero-order chi connectivity index (χ0) is 29.9. The van der Waals surface area contributed by atoms with Crippen LogP contribution in [0.25, 0.3) is 22.5 Å². The highest BCUT2D eigenvalue weighted by molar-refractivity contribution is 6.76. The molecule has 0 aliphatic carbocycles. The van der Waals surface area contributed by atoms with E-state index in [9.17, 15) is 18.0 Å². The molecule has 0 fully saturated rings. The van der Waals surface area contributed by atoms with Crippen LogP contribution in [0.3, 0.4) is 0 Å². The highest BCUT2D eigenvalue weighted by Crippen LogP contribution is 2.34. The number of esters is 1. The van der Waals surface area contributed by atoms with Crippen LogP contribution in [-0.4, -0.2) is 48.9 Å². The Morgan fingerprint density at radius 3 is 2.38 bits per heavy atom. The molecule has 3 rings (SSSR count). The van der Waals surface area contributed by atoms with Crippen LogP contribution in [0.2, 0.25) is 25.7 Å². The summed E-state index contributed by atoms with van der Waals surface area (Å²) in [4.78, 5) is 19.8. The van der Waals surface area contributed by atoms with Gasteiger partial charge in [0.1, 0.15) is 25.0 Å². The van der Waals surface area contributed by atoms with E-state index < -0.39 is 37.1 Å². The van der Waals surface area contributed by atoms with E-state index in [-0.39, 0.29) is 30.6 Å². The number of carbonyl (C=O) groups is 1. The number of aromatic nitrogens is 3. The third-order valence-electron chi connectivity index (χ3n) is 6.22. The molecular weight excluding hydrogens is 546 g/mol. The first kappa shape index (κ1) is 31.3. The number of ether oxygens (including phenoxy) is 3. The number of imidazole rings is 1. The van der Waals surface area contributed by atoms with Crippen molar-refractivity contribution in [1.29, 1.82) is 0 Å². The van der Waals surface area contributed by atoms with E-state index in [0.717, 1.165) is 17.8 Å². The highest BCUT2D eigenvalue weighted by Gasteiger charge is 2.35. The molecule has 0 unspecified atom stereocenters. The zero-order valence-corrected chi connectivity index (χ0v) is 24.8. The van der Waals surface area contributed by atoms with Crippen molar-refractivity contribution in [2.45, 2.75) is 59.4 Å². The molecule has 0 radical (unpaired) electrons. The number of halogens is 4. The summed E-state index contributed by atoms with van der Waals surface area (Å²) >= 11 is 0. The molecule has 0 aliphatic heterocycles. The lowest BCUT2D eigenvalue weighted by Gasteiger charge is -2.21. The Morgan fingerprint density at radius 1 is 1.10 bits per heavy atom. The molecule has 0 spiro atoms. The number of nitrogens with zero attached hydrogens (tertiary/aromatic N) is 3. The summed E-state index contributed by atoms with van der Waals surface area (Å²) in [6.07, 6.45) is -2.34. The van der Waals surface area contributed by atoms with Crippen molar-refractivity contribution in [1.82, 2.24) is 14.5 Å². The predicted molar refractivity (Wildman–Crippen MR) is 146 cm³/mol. The van der Waals surface area contributed by atoms with E-state index in [1.54, 1.807) is 32.9 Å². The third kappa shape index (κ3) is 7.91. The Hall–Kier alpha value is -3.25. The minimum atomic E-state index is -4.69. The molecule has 0 N–H and O–H groups in total.